The van der Waals surface area contributed by atoms with Crippen LogP contribution in [0.4, 0.5) is 0 Å². The van der Waals surface area contributed by atoms with Gasteiger partial charge in [0.05, 0.1) is 19.7 Å². The molecular formula is C19H42NO+. The first-order chi connectivity index (χ1) is 10.3. The fourth-order valence-corrected chi connectivity index (χ4v) is 2.92. The largest absolute Gasteiger partial charge is 0.393 e. The van der Waals surface area contributed by atoms with Crippen molar-refractivity contribution in [1.29, 1.82) is 0 Å². The molecule has 0 heterocycles. The van der Waals surface area contributed by atoms with Crippen molar-refractivity contribution in [2.75, 3.05) is 13.6 Å². The molecule has 0 spiro atoms. The zero-order valence-corrected chi connectivity index (χ0v) is 14.9. The maximum atomic E-state index is 9.89. The Hall–Kier alpha value is -0.0800. The Morgan fingerprint density at radius 3 is 1.57 bits per heavy atom. The Labute approximate surface area is 134 Å². The molecule has 0 aromatic heterocycles. The number of unbranched alkanes of at least 4 members (excludes halogenated alkanes) is 11. The fraction of sp³-hybridized carbons (Fsp3) is 1.00. The second-order valence-corrected chi connectivity index (χ2v) is 6.67. The van der Waals surface area contributed by atoms with Gasteiger partial charge in [0.1, 0.15) is 0 Å². The maximum Gasteiger partial charge on any atom is 0.0753 e. The van der Waals surface area contributed by atoms with Gasteiger partial charge >= 0.3 is 0 Å². The maximum absolute atomic E-state index is 9.89. The van der Waals surface area contributed by atoms with Gasteiger partial charge in [0, 0.05) is 0 Å². The quantitative estimate of drug-likeness (QED) is 0.384. The first-order valence-corrected chi connectivity index (χ1v) is 9.77. The third-order valence-corrected chi connectivity index (χ3v) is 4.42. The summed E-state index contributed by atoms with van der Waals surface area (Å²) >= 11 is 0. The number of hydrogen-bond donors (Lipinski definition) is 2. The lowest BCUT2D eigenvalue weighted by Gasteiger charge is -2.10. The van der Waals surface area contributed by atoms with Crippen LogP contribution in [0.1, 0.15) is 103 Å². The van der Waals surface area contributed by atoms with E-state index in [-0.39, 0.29) is 6.10 Å². The van der Waals surface area contributed by atoms with E-state index in [4.69, 9.17) is 0 Å². The summed E-state index contributed by atoms with van der Waals surface area (Å²) in [6, 6.07) is 0. The molecule has 3 N–H and O–H groups in total. The number of nitrogens with two attached hydrogens (primary N) is 1. The number of hydrogen-bond acceptors (Lipinski definition) is 1. The Morgan fingerprint density at radius 1 is 0.667 bits per heavy atom. The van der Waals surface area contributed by atoms with Crippen molar-refractivity contribution < 1.29 is 10.4 Å². The van der Waals surface area contributed by atoms with Gasteiger partial charge in [-0.15, -0.1) is 0 Å². The van der Waals surface area contributed by atoms with E-state index in [0.717, 1.165) is 12.8 Å². The van der Waals surface area contributed by atoms with Crippen LogP contribution in [0.25, 0.3) is 0 Å². The highest BCUT2D eigenvalue weighted by Gasteiger charge is 2.03. The number of aliphatic hydroxyl groups excluding tert-OH is 1. The molecule has 0 aromatic rings. The van der Waals surface area contributed by atoms with Crippen LogP contribution in [0.5, 0.6) is 0 Å². The molecule has 0 aromatic carbocycles. The third-order valence-electron chi connectivity index (χ3n) is 4.42. The minimum absolute atomic E-state index is 0.0303. The topological polar surface area (TPSA) is 36.8 Å². The molecule has 0 saturated heterocycles. The predicted octanol–water partition coefficient (Wildman–Crippen LogP) is 4.41. The molecule has 1 atom stereocenters. The second-order valence-electron chi connectivity index (χ2n) is 6.67. The van der Waals surface area contributed by atoms with Gasteiger partial charge in [-0.05, 0) is 25.7 Å². The average Bonchev–Trinajstić information content (AvgIpc) is 2.49. The Morgan fingerprint density at radius 2 is 1.10 bits per heavy atom. The molecule has 128 valence electrons. The summed E-state index contributed by atoms with van der Waals surface area (Å²) in [7, 11) is 2.15. The minimum Gasteiger partial charge on any atom is -0.393 e. The molecule has 0 bridgehead atoms. The lowest BCUT2D eigenvalue weighted by atomic mass is 10.0. The standard InChI is InChI=1S/C19H41NO/c1-3-4-5-13-16-19(21)17-14-11-9-7-6-8-10-12-15-18-20-2/h19-21H,3-18H2,1-2H3/p+1/t19-/m1/s1. The lowest BCUT2D eigenvalue weighted by Crippen LogP contribution is -2.79. The van der Waals surface area contributed by atoms with Crippen LogP contribution in [0, 0.1) is 0 Å². The Balaban J connectivity index is 3.07. The van der Waals surface area contributed by atoms with Crippen LogP contribution in [0.2, 0.25) is 0 Å². The van der Waals surface area contributed by atoms with Crippen LogP contribution in [-0.4, -0.2) is 24.8 Å². The van der Waals surface area contributed by atoms with E-state index in [1.807, 2.05) is 0 Å². The summed E-state index contributed by atoms with van der Waals surface area (Å²) in [6.45, 7) is 3.53. The Kier molecular flexibility index (Phi) is 17.9. The zero-order valence-electron chi connectivity index (χ0n) is 14.9. The van der Waals surface area contributed by atoms with Gasteiger partial charge in [-0.3, -0.25) is 0 Å². The first-order valence-electron chi connectivity index (χ1n) is 9.77. The fourth-order valence-electron chi connectivity index (χ4n) is 2.92. The summed E-state index contributed by atoms with van der Waals surface area (Å²) < 4.78 is 0. The molecule has 2 nitrogen and oxygen atoms in total. The highest BCUT2D eigenvalue weighted by atomic mass is 16.3. The van der Waals surface area contributed by atoms with Crippen LogP contribution < -0.4 is 5.32 Å². The zero-order chi connectivity index (χ0) is 15.6. The van der Waals surface area contributed by atoms with Gasteiger partial charge in [0.2, 0.25) is 0 Å². The van der Waals surface area contributed by atoms with E-state index >= 15 is 0 Å². The molecule has 0 radical (unpaired) electrons. The minimum atomic E-state index is -0.0303. The molecule has 0 aliphatic rings. The molecule has 2 heteroatoms. The molecule has 21 heavy (non-hydrogen) atoms. The van der Waals surface area contributed by atoms with E-state index in [1.165, 1.54) is 90.0 Å². The predicted molar refractivity (Wildman–Crippen MR) is 93.7 cm³/mol. The highest BCUT2D eigenvalue weighted by molar-refractivity contribution is 4.57. The number of quaternary nitrogens is 1. The van der Waals surface area contributed by atoms with Crippen molar-refractivity contribution in [2.45, 2.75) is 109 Å². The molecular weight excluding hydrogens is 258 g/mol. The van der Waals surface area contributed by atoms with Crippen molar-refractivity contribution in [3.63, 3.8) is 0 Å². The van der Waals surface area contributed by atoms with E-state index in [9.17, 15) is 5.11 Å². The van der Waals surface area contributed by atoms with E-state index in [2.05, 4.69) is 19.3 Å². The molecule has 0 unspecified atom stereocenters. The van der Waals surface area contributed by atoms with Gasteiger partial charge in [-0.25, -0.2) is 0 Å². The number of rotatable bonds is 17. The van der Waals surface area contributed by atoms with Crippen molar-refractivity contribution >= 4 is 0 Å². The monoisotopic (exact) mass is 300 g/mol. The normalized spacial score (nSPS) is 12.7. The van der Waals surface area contributed by atoms with E-state index < -0.39 is 0 Å². The summed E-state index contributed by atoms with van der Waals surface area (Å²) in [5.41, 5.74) is 0. The van der Waals surface area contributed by atoms with Crippen LogP contribution >= 0.6 is 0 Å². The van der Waals surface area contributed by atoms with Gasteiger partial charge in [-0.1, -0.05) is 77.6 Å². The van der Waals surface area contributed by atoms with Gasteiger partial charge < -0.3 is 10.4 Å². The SMILES string of the molecule is CCCCCC[C@@H](O)CCCCCCCCCCC[NH2+]C. The van der Waals surface area contributed by atoms with Gasteiger partial charge in [0.25, 0.3) is 0 Å². The molecule has 0 aliphatic carbocycles. The van der Waals surface area contributed by atoms with Crippen LogP contribution in [0.3, 0.4) is 0 Å². The van der Waals surface area contributed by atoms with Gasteiger partial charge in [0.15, 0.2) is 0 Å². The van der Waals surface area contributed by atoms with Crippen molar-refractivity contribution in [2.24, 2.45) is 0 Å². The molecule has 0 rings (SSSR count). The van der Waals surface area contributed by atoms with Crippen molar-refractivity contribution in [3.05, 3.63) is 0 Å². The Bertz CT molecular complexity index is 184. The van der Waals surface area contributed by atoms with Crippen molar-refractivity contribution in [1.82, 2.24) is 0 Å². The summed E-state index contributed by atoms with van der Waals surface area (Å²) in [4.78, 5) is 0. The summed E-state index contributed by atoms with van der Waals surface area (Å²) in [5, 5.41) is 12.2. The second kappa shape index (κ2) is 18.0. The highest BCUT2D eigenvalue weighted by Crippen LogP contribution is 2.14. The van der Waals surface area contributed by atoms with Crippen molar-refractivity contribution in [3.8, 4) is 0 Å². The third kappa shape index (κ3) is 17.9. The molecule has 0 aliphatic heterocycles. The lowest BCUT2D eigenvalue weighted by molar-refractivity contribution is -0.627. The smallest absolute Gasteiger partial charge is 0.0753 e. The molecule has 0 amide bonds. The number of aliphatic hydroxyl groups is 1. The van der Waals surface area contributed by atoms with Crippen LogP contribution in [0.15, 0.2) is 0 Å². The van der Waals surface area contributed by atoms with Gasteiger partial charge in [-0.2, -0.15) is 0 Å². The van der Waals surface area contributed by atoms with Crippen LogP contribution in [-0.2, 0) is 0 Å². The average molecular weight is 301 g/mol. The summed E-state index contributed by atoms with van der Waals surface area (Å²) in [6.07, 6.45) is 19.5. The summed E-state index contributed by atoms with van der Waals surface area (Å²) in [5.74, 6) is 0. The molecule has 0 saturated carbocycles. The van der Waals surface area contributed by atoms with E-state index in [1.54, 1.807) is 0 Å². The molecule has 0 fully saturated rings. The van der Waals surface area contributed by atoms with E-state index in [0.29, 0.717) is 0 Å². The first kappa shape index (κ1) is 20.9.